The van der Waals surface area contributed by atoms with Crippen molar-refractivity contribution in [3.8, 4) is 5.75 Å². The maximum atomic E-state index is 13.5. The fourth-order valence-electron chi connectivity index (χ4n) is 1.92. The maximum absolute atomic E-state index is 13.5. The predicted molar refractivity (Wildman–Crippen MR) is 57.9 cm³/mol. The quantitative estimate of drug-likeness (QED) is 0.762. The van der Waals surface area contributed by atoms with Gasteiger partial charge >= 0.3 is 0 Å². The number of carbonyl (C=O) groups is 1. The summed E-state index contributed by atoms with van der Waals surface area (Å²) in [6.07, 6.45) is 0.460. The van der Waals surface area contributed by atoms with Crippen LogP contribution < -0.4 is 0 Å². The lowest BCUT2D eigenvalue weighted by atomic mass is 9.98. The van der Waals surface area contributed by atoms with E-state index in [0.29, 0.717) is 24.1 Å². The van der Waals surface area contributed by atoms with Crippen molar-refractivity contribution in [1.29, 1.82) is 0 Å². The maximum Gasteiger partial charge on any atom is 0.237 e. The summed E-state index contributed by atoms with van der Waals surface area (Å²) in [5.74, 6) is -0.611. The molecular formula is C11H11ClFNO2. The van der Waals surface area contributed by atoms with Gasteiger partial charge < -0.3 is 10.0 Å². The van der Waals surface area contributed by atoms with Crippen LogP contribution in [-0.2, 0) is 17.8 Å². The van der Waals surface area contributed by atoms with Gasteiger partial charge in [-0.05, 0) is 18.6 Å². The molecule has 1 N–H and O–H groups in total. The van der Waals surface area contributed by atoms with Crippen molar-refractivity contribution >= 4 is 17.5 Å². The third-order valence-corrected chi connectivity index (χ3v) is 3.03. The summed E-state index contributed by atoms with van der Waals surface area (Å²) in [5, 5.41) is 9.57. The molecule has 16 heavy (non-hydrogen) atoms. The normalized spacial score (nSPS) is 14.8. The van der Waals surface area contributed by atoms with E-state index in [2.05, 4.69) is 0 Å². The number of alkyl halides is 1. The molecule has 1 aliphatic heterocycles. The van der Waals surface area contributed by atoms with Gasteiger partial charge in [0.1, 0.15) is 17.4 Å². The first-order valence-corrected chi connectivity index (χ1v) is 5.50. The smallest absolute Gasteiger partial charge is 0.237 e. The second kappa shape index (κ2) is 4.29. The number of aromatic hydroxyl groups is 1. The Labute approximate surface area is 97.4 Å². The average Bonchev–Trinajstić information content (AvgIpc) is 2.32. The molecule has 0 unspecified atom stereocenters. The van der Waals surface area contributed by atoms with Gasteiger partial charge in [0.2, 0.25) is 5.91 Å². The van der Waals surface area contributed by atoms with Crippen LogP contribution in [0.2, 0.25) is 0 Å². The first-order valence-electron chi connectivity index (χ1n) is 4.96. The van der Waals surface area contributed by atoms with Gasteiger partial charge in [-0.3, -0.25) is 4.79 Å². The molecule has 0 atom stereocenters. The van der Waals surface area contributed by atoms with Crippen molar-refractivity contribution in [2.45, 2.75) is 13.0 Å². The van der Waals surface area contributed by atoms with Crippen LogP contribution in [0.25, 0.3) is 0 Å². The number of carbonyl (C=O) groups excluding carboxylic acids is 1. The molecule has 1 aliphatic rings. The molecule has 5 heteroatoms. The first kappa shape index (κ1) is 11.2. The topological polar surface area (TPSA) is 40.5 Å². The molecule has 86 valence electrons. The van der Waals surface area contributed by atoms with Gasteiger partial charge in [0.25, 0.3) is 0 Å². The highest BCUT2D eigenvalue weighted by atomic mass is 35.5. The average molecular weight is 244 g/mol. The number of fused-ring (bicyclic) bond motifs is 1. The summed E-state index contributed by atoms with van der Waals surface area (Å²) in [5.41, 5.74) is 0.989. The zero-order chi connectivity index (χ0) is 11.7. The lowest BCUT2D eigenvalue weighted by Crippen LogP contribution is -2.37. The Morgan fingerprint density at radius 3 is 2.94 bits per heavy atom. The highest BCUT2D eigenvalue weighted by Crippen LogP contribution is 2.29. The molecule has 1 aromatic rings. The molecule has 0 saturated heterocycles. The highest BCUT2D eigenvalue weighted by Gasteiger charge is 2.24. The van der Waals surface area contributed by atoms with E-state index in [1.165, 1.54) is 17.0 Å². The summed E-state index contributed by atoms with van der Waals surface area (Å²) >= 11 is 5.45. The van der Waals surface area contributed by atoms with E-state index in [1.54, 1.807) is 0 Å². The number of rotatable bonds is 1. The lowest BCUT2D eigenvalue weighted by molar-refractivity contribution is -0.129. The van der Waals surface area contributed by atoms with Crippen molar-refractivity contribution in [2.75, 3.05) is 12.4 Å². The van der Waals surface area contributed by atoms with Gasteiger partial charge in [0, 0.05) is 24.2 Å². The SMILES string of the molecule is O=C(CCl)N1CCc2c(O)ccc(F)c2C1. The van der Waals surface area contributed by atoms with Crippen molar-refractivity contribution in [3.63, 3.8) is 0 Å². The molecule has 0 radical (unpaired) electrons. The Morgan fingerprint density at radius 2 is 2.25 bits per heavy atom. The van der Waals surface area contributed by atoms with E-state index in [-0.39, 0.29) is 29.9 Å². The van der Waals surface area contributed by atoms with Crippen molar-refractivity contribution in [1.82, 2.24) is 4.90 Å². The number of benzene rings is 1. The third kappa shape index (κ3) is 1.85. The number of halogens is 2. The minimum Gasteiger partial charge on any atom is -0.508 e. The summed E-state index contributed by atoms with van der Waals surface area (Å²) < 4.78 is 13.5. The molecule has 3 nitrogen and oxygen atoms in total. The molecular weight excluding hydrogens is 233 g/mol. The monoisotopic (exact) mass is 243 g/mol. The Kier molecular flexibility index (Phi) is 3.01. The molecule has 0 bridgehead atoms. The van der Waals surface area contributed by atoms with E-state index in [9.17, 15) is 14.3 Å². The van der Waals surface area contributed by atoms with E-state index >= 15 is 0 Å². The van der Waals surface area contributed by atoms with Gasteiger partial charge in [0.05, 0.1) is 0 Å². The molecule has 2 rings (SSSR count). The molecule has 0 aromatic heterocycles. The molecule has 1 aromatic carbocycles. The fourth-order valence-corrected chi connectivity index (χ4v) is 2.09. The van der Waals surface area contributed by atoms with Gasteiger partial charge in [0.15, 0.2) is 0 Å². The number of hydrogen-bond donors (Lipinski definition) is 1. The van der Waals surface area contributed by atoms with E-state index in [4.69, 9.17) is 11.6 Å². The van der Waals surface area contributed by atoms with Crippen LogP contribution >= 0.6 is 11.6 Å². The second-order valence-electron chi connectivity index (χ2n) is 3.72. The highest BCUT2D eigenvalue weighted by molar-refractivity contribution is 6.27. The molecule has 1 amide bonds. The number of hydrogen-bond acceptors (Lipinski definition) is 2. The Balaban J connectivity index is 2.33. The van der Waals surface area contributed by atoms with Crippen molar-refractivity contribution in [2.24, 2.45) is 0 Å². The molecule has 1 heterocycles. The van der Waals surface area contributed by atoms with Crippen LogP contribution in [-0.4, -0.2) is 28.3 Å². The van der Waals surface area contributed by atoms with Crippen molar-refractivity contribution < 1.29 is 14.3 Å². The Bertz CT molecular complexity index is 436. The number of phenols is 1. The van der Waals surface area contributed by atoms with Crippen LogP contribution in [0.1, 0.15) is 11.1 Å². The largest absolute Gasteiger partial charge is 0.508 e. The third-order valence-electron chi connectivity index (χ3n) is 2.80. The fraction of sp³-hybridized carbons (Fsp3) is 0.364. The first-order chi connectivity index (χ1) is 7.63. The van der Waals surface area contributed by atoms with E-state index in [1.807, 2.05) is 0 Å². The van der Waals surface area contributed by atoms with Gasteiger partial charge in [-0.15, -0.1) is 11.6 Å². The molecule has 0 saturated carbocycles. The number of phenolic OH excluding ortho intramolecular Hbond substituents is 1. The zero-order valence-electron chi connectivity index (χ0n) is 8.54. The summed E-state index contributed by atoms with van der Waals surface area (Å²) in [6, 6.07) is 2.55. The Hall–Kier alpha value is -1.29. The summed E-state index contributed by atoms with van der Waals surface area (Å²) in [7, 11) is 0. The number of nitrogens with zero attached hydrogens (tertiary/aromatic N) is 1. The molecule has 0 spiro atoms. The molecule has 0 fully saturated rings. The predicted octanol–water partition coefficient (Wildman–Crippen LogP) is 1.65. The van der Waals surface area contributed by atoms with Crippen LogP contribution in [0, 0.1) is 5.82 Å². The standard InChI is InChI=1S/C11H11ClFNO2/c12-5-11(16)14-4-3-7-8(6-14)9(13)1-2-10(7)15/h1-2,15H,3-6H2. The zero-order valence-corrected chi connectivity index (χ0v) is 9.30. The summed E-state index contributed by atoms with van der Waals surface area (Å²) in [4.78, 5) is 12.9. The van der Waals surface area contributed by atoms with Crippen LogP contribution in [0.3, 0.4) is 0 Å². The lowest BCUT2D eigenvalue weighted by Gasteiger charge is -2.29. The second-order valence-corrected chi connectivity index (χ2v) is 3.99. The number of amides is 1. The van der Waals surface area contributed by atoms with Crippen LogP contribution in [0.5, 0.6) is 5.75 Å². The van der Waals surface area contributed by atoms with Crippen LogP contribution in [0.15, 0.2) is 12.1 Å². The van der Waals surface area contributed by atoms with Crippen molar-refractivity contribution in [3.05, 3.63) is 29.1 Å². The Morgan fingerprint density at radius 1 is 1.50 bits per heavy atom. The van der Waals surface area contributed by atoms with E-state index < -0.39 is 0 Å². The van der Waals surface area contributed by atoms with E-state index in [0.717, 1.165) is 0 Å². The summed E-state index contributed by atoms with van der Waals surface area (Å²) in [6.45, 7) is 0.649. The van der Waals surface area contributed by atoms with Crippen LogP contribution in [0.4, 0.5) is 4.39 Å². The van der Waals surface area contributed by atoms with Gasteiger partial charge in [-0.2, -0.15) is 0 Å². The molecule has 0 aliphatic carbocycles. The van der Waals surface area contributed by atoms with Gasteiger partial charge in [-0.25, -0.2) is 4.39 Å². The minimum absolute atomic E-state index is 0.0920. The minimum atomic E-state index is -0.389. The van der Waals surface area contributed by atoms with Gasteiger partial charge in [-0.1, -0.05) is 0 Å².